The maximum atomic E-state index is 15.8. The molecule has 0 bridgehead atoms. The van der Waals surface area contributed by atoms with Gasteiger partial charge in [0.2, 0.25) is 11.8 Å². The van der Waals surface area contributed by atoms with E-state index in [0.717, 1.165) is 0 Å². The number of rotatable bonds is 4. The molecule has 10 nitrogen and oxygen atoms in total. The number of nitrogens with zero attached hydrogens (tertiary/aromatic N) is 5. The van der Waals surface area contributed by atoms with E-state index in [4.69, 9.17) is 0 Å². The van der Waals surface area contributed by atoms with Crippen LogP contribution in [0.5, 0.6) is 0 Å². The molecular formula is C25H32F3N7O3. The number of hydrogen-bond acceptors (Lipinski definition) is 7. The Kier molecular flexibility index (Phi) is 6.27. The third-order valence-electron chi connectivity index (χ3n) is 8.63. The Hall–Kier alpha value is -2.90. The number of benzene rings is 1. The number of imide groups is 1. The number of alkyl halides is 2. The molecule has 1 aromatic heterocycles. The van der Waals surface area contributed by atoms with E-state index in [1.807, 2.05) is 9.80 Å². The second kappa shape index (κ2) is 9.38. The van der Waals surface area contributed by atoms with Crippen LogP contribution in [-0.2, 0) is 16.6 Å². The van der Waals surface area contributed by atoms with Crippen molar-refractivity contribution in [2.75, 3.05) is 57.3 Å². The van der Waals surface area contributed by atoms with Crippen molar-refractivity contribution in [3.05, 3.63) is 28.4 Å². The van der Waals surface area contributed by atoms with Gasteiger partial charge in [-0.3, -0.25) is 33.8 Å². The highest BCUT2D eigenvalue weighted by atomic mass is 19.3. The molecule has 2 aromatic rings. The number of aromatic nitrogens is 2. The van der Waals surface area contributed by atoms with E-state index < -0.39 is 35.4 Å². The highest BCUT2D eigenvalue weighted by molar-refractivity contribution is 6.00. The van der Waals surface area contributed by atoms with E-state index >= 15 is 4.39 Å². The van der Waals surface area contributed by atoms with Crippen LogP contribution >= 0.6 is 0 Å². The summed E-state index contributed by atoms with van der Waals surface area (Å²) in [5.74, 6) is -4.18. The number of piperazine rings is 1. The van der Waals surface area contributed by atoms with Crippen LogP contribution in [0.1, 0.15) is 25.3 Å². The zero-order valence-corrected chi connectivity index (χ0v) is 21.3. The number of piperidine rings is 2. The van der Waals surface area contributed by atoms with Crippen molar-refractivity contribution in [3.8, 4) is 0 Å². The van der Waals surface area contributed by atoms with Crippen LogP contribution in [-0.4, -0.2) is 101 Å². The van der Waals surface area contributed by atoms with Gasteiger partial charge >= 0.3 is 5.69 Å². The molecule has 206 valence electrons. The summed E-state index contributed by atoms with van der Waals surface area (Å²) in [7, 11) is 1.48. The summed E-state index contributed by atoms with van der Waals surface area (Å²) in [5, 5.41) is 5.03. The maximum absolute atomic E-state index is 15.8. The quantitative estimate of drug-likeness (QED) is 0.543. The fourth-order valence-electron chi connectivity index (χ4n) is 6.47. The standard InChI is InChI=1S/C25H32F3N7O3/c1-31-22-17(35(24(31)38)18-4-5-20(36)30-23(18)37)3-2-16(21(22)26)33-10-8-32(9-11-33)15-12-34(13-15)19-6-7-29-14-25(19,27)28/h2-3,15,18-19,29H,4-14H2,1H3,(H,30,36,37). The lowest BCUT2D eigenvalue weighted by Crippen LogP contribution is -2.69. The van der Waals surface area contributed by atoms with Crippen molar-refractivity contribution in [1.82, 2.24) is 29.6 Å². The highest BCUT2D eigenvalue weighted by Gasteiger charge is 2.49. The van der Waals surface area contributed by atoms with E-state index in [1.54, 1.807) is 12.1 Å². The molecule has 2 atom stereocenters. The molecule has 6 rings (SSSR count). The van der Waals surface area contributed by atoms with Gasteiger partial charge in [0.25, 0.3) is 5.92 Å². The minimum Gasteiger partial charge on any atom is -0.367 e. The van der Waals surface area contributed by atoms with Crippen LogP contribution in [0.3, 0.4) is 0 Å². The van der Waals surface area contributed by atoms with Gasteiger partial charge in [0.15, 0.2) is 5.82 Å². The molecule has 0 saturated carbocycles. The fourth-order valence-corrected chi connectivity index (χ4v) is 6.47. The number of anilines is 1. The van der Waals surface area contributed by atoms with Gasteiger partial charge in [-0.05, 0) is 31.5 Å². The first-order valence-electron chi connectivity index (χ1n) is 13.2. The molecule has 0 spiro atoms. The number of carbonyl (C=O) groups excluding carboxylic acids is 2. The second-order valence-corrected chi connectivity index (χ2v) is 10.8. The van der Waals surface area contributed by atoms with E-state index in [1.165, 1.54) is 16.2 Å². The number of halogens is 3. The van der Waals surface area contributed by atoms with Gasteiger partial charge in [0.1, 0.15) is 11.6 Å². The van der Waals surface area contributed by atoms with Crippen molar-refractivity contribution >= 4 is 28.5 Å². The summed E-state index contributed by atoms with van der Waals surface area (Å²) in [5.41, 5.74) is 0.315. The van der Waals surface area contributed by atoms with Gasteiger partial charge in [-0.1, -0.05) is 0 Å². The Labute approximate surface area is 217 Å². The van der Waals surface area contributed by atoms with Crippen LogP contribution in [0, 0.1) is 5.82 Å². The Morgan fingerprint density at radius 1 is 1.00 bits per heavy atom. The summed E-state index contributed by atoms with van der Waals surface area (Å²) >= 11 is 0. The van der Waals surface area contributed by atoms with Crippen molar-refractivity contribution in [2.45, 2.75) is 43.3 Å². The highest BCUT2D eigenvalue weighted by Crippen LogP contribution is 2.34. The van der Waals surface area contributed by atoms with E-state index in [2.05, 4.69) is 15.5 Å². The van der Waals surface area contributed by atoms with Gasteiger partial charge in [0.05, 0.1) is 23.8 Å². The summed E-state index contributed by atoms with van der Waals surface area (Å²) in [6.07, 6.45) is 0.745. The first-order valence-corrected chi connectivity index (χ1v) is 13.2. The first kappa shape index (κ1) is 25.4. The molecule has 4 saturated heterocycles. The number of hydrogen-bond donors (Lipinski definition) is 2. The minimum atomic E-state index is -2.71. The van der Waals surface area contributed by atoms with E-state index in [-0.39, 0.29) is 36.9 Å². The molecule has 4 aliphatic rings. The van der Waals surface area contributed by atoms with Crippen LogP contribution in [0.2, 0.25) is 0 Å². The topological polar surface area (TPSA) is 94.8 Å². The number of carbonyl (C=O) groups is 2. The van der Waals surface area contributed by atoms with Crippen molar-refractivity contribution < 1.29 is 22.8 Å². The molecule has 2 unspecified atom stereocenters. The van der Waals surface area contributed by atoms with Crippen molar-refractivity contribution in [1.29, 1.82) is 0 Å². The lowest BCUT2D eigenvalue weighted by atomic mass is 9.94. The van der Waals surface area contributed by atoms with Crippen LogP contribution in [0.25, 0.3) is 11.0 Å². The summed E-state index contributed by atoms with van der Waals surface area (Å²) in [4.78, 5) is 43.1. The van der Waals surface area contributed by atoms with Gasteiger partial charge in [-0.15, -0.1) is 0 Å². The van der Waals surface area contributed by atoms with E-state index in [9.17, 15) is 23.2 Å². The minimum absolute atomic E-state index is 0.114. The predicted molar refractivity (Wildman–Crippen MR) is 134 cm³/mol. The van der Waals surface area contributed by atoms with Gasteiger partial charge < -0.3 is 10.2 Å². The number of nitrogens with one attached hydrogen (secondary N) is 2. The van der Waals surface area contributed by atoms with Crippen LogP contribution in [0.4, 0.5) is 18.9 Å². The van der Waals surface area contributed by atoms with Gasteiger partial charge in [-0.2, -0.15) is 0 Å². The Balaban J connectivity index is 1.14. The number of amides is 2. The van der Waals surface area contributed by atoms with Crippen LogP contribution < -0.4 is 21.2 Å². The van der Waals surface area contributed by atoms with E-state index in [0.29, 0.717) is 63.4 Å². The zero-order valence-electron chi connectivity index (χ0n) is 21.3. The normalized spacial score (nSPS) is 27.5. The molecule has 38 heavy (non-hydrogen) atoms. The van der Waals surface area contributed by atoms with Crippen molar-refractivity contribution in [2.24, 2.45) is 7.05 Å². The van der Waals surface area contributed by atoms with Gasteiger partial charge in [0, 0.05) is 58.8 Å². The van der Waals surface area contributed by atoms with Crippen LogP contribution in [0.15, 0.2) is 16.9 Å². The Morgan fingerprint density at radius 2 is 1.74 bits per heavy atom. The molecule has 0 radical (unpaired) electrons. The molecular weight excluding hydrogens is 503 g/mol. The van der Waals surface area contributed by atoms with Gasteiger partial charge in [-0.25, -0.2) is 18.0 Å². The Morgan fingerprint density at radius 3 is 2.42 bits per heavy atom. The summed E-state index contributed by atoms with van der Waals surface area (Å²) < 4.78 is 46.9. The third-order valence-corrected chi connectivity index (χ3v) is 8.63. The third kappa shape index (κ3) is 4.11. The number of likely N-dealkylation sites (tertiary alicyclic amines) is 1. The van der Waals surface area contributed by atoms with Crippen molar-refractivity contribution in [3.63, 3.8) is 0 Å². The molecule has 2 N–H and O–H groups in total. The lowest BCUT2D eigenvalue weighted by molar-refractivity contribution is -0.135. The monoisotopic (exact) mass is 535 g/mol. The number of aryl methyl sites for hydroxylation is 1. The summed E-state index contributed by atoms with van der Waals surface area (Å²) in [6, 6.07) is 1.94. The zero-order chi connectivity index (χ0) is 26.8. The largest absolute Gasteiger partial charge is 0.367 e. The molecule has 5 heterocycles. The predicted octanol–water partition coefficient (Wildman–Crippen LogP) is 0.260. The molecule has 13 heteroatoms. The molecule has 4 aliphatic heterocycles. The SMILES string of the molecule is Cn1c(=O)n(C2CCC(=O)NC2=O)c2ccc(N3CCN(C4CN(C5CCNCC5(F)F)C4)CC3)c(F)c21. The Bertz CT molecular complexity index is 1330. The molecule has 2 amide bonds. The number of fused-ring (bicyclic) bond motifs is 1. The smallest absolute Gasteiger partial charge is 0.329 e. The second-order valence-electron chi connectivity index (χ2n) is 10.8. The average Bonchev–Trinajstić information content (AvgIpc) is 3.10. The first-order chi connectivity index (χ1) is 18.2. The maximum Gasteiger partial charge on any atom is 0.329 e. The molecule has 1 aromatic carbocycles. The molecule has 0 aliphatic carbocycles. The molecule has 4 fully saturated rings. The summed E-state index contributed by atoms with van der Waals surface area (Å²) in [6.45, 7) is 4.11. The lowest BCUT2D eigenvalue weighted by Gasteiger charge is -2.53. The number of imidazole rings is 1. The average molecular weight is 536 g/mol. The fraction of sp³-hybridized carbons (Fsp3) is 0.640.